The lowest BCUT2D eigenvalue weighted by atomic mass is 10.1. The summed E-state index contributed by atoms with van der Waals surface area (Å²) in [6.07, 6.45) is 1.74. The van der Waals surface area contributed by atoms with Gasteiger partial charge < -0.3 is 10.1 Å². The molecule has 1 N–H and O–H groups in total. The molecule has 1 aromatic heterocycles. The van der Waals surface area contributed by atoms with Crippen LogP contribution in [0, 0.1) is 5.82 Å². The van der Waals surface area contributed by atoms with E-state index < -0.39 is 5.82 Å². The van der Waals surface area contributed by atoms with Crippen LogP contribution in [0.2, 0.25) is 0 Å². The van der Waals surface area contributed by atoms with Crippen molar-refractivity contribution in [1.82, 2.24) is 10.3 Å². The smallest absolute Gasteiger partial charge is 0.219 e. The second kappa shape index (κ2) is 6.29. The minimum atomic E-state index is -0.394. The Labute approximate surface area is 112 Å². The Morgan fingerprint density at radius 2 is 2.05 bits per heavy atom. The van der Waals surface area contributed by atoms with Gasteiger partial charge in [-0.1, -0.05) is 25.1 Å². The highest BCUT2D eigenvalue weighted by Crippen LogP contribution is 2.23. The fourth-order valence-electron chi connectivity index (χ4n) is 1.77. The van der Waals surface area contributed by atoms with Gasteiger partial charge in [0.05, 0.1) is 0 Å². The standard InChI is InChI=1S/C15H17FN2O/c1-3-17-11(2)12-8-9-15(18-10-12)19-14-7-5-4-6-13(14)16/h4-11,17H,3H2,1-2H3. The van der Waals surface area contributed by atoms with Crippen LogP contribution < -0.4 is 10.1 Å². The predicted molar refractivity (Wildman–Crippen MR) is 72.8 cm³/mol. The molecule has 100 valence electrons. The summed E-state index contributed by atoms with van der Waals surface area (Å²) in [6.45, 7) is 5.02. The number of halogens is 1. The van der Waals surface area contributed by atoms with Crippen LogP contribution in [0.1, 0.15) is 25.5 Å². The Bertz CT molecular complexity index is 528. The summed E-state index contributed by atoms with van der Waals surface area (Å²) in [7, 11) is 0. The average molecular weight is 260 g/mol. The molecule has 1 atom stereocenters. The molecule has 1 unspecified atom stereocenters. The second-order valence-corrected chi connectivity index (χ2v) is 4.24. The van der Waals surface area contributed by atoms with Gasteiger partial charge in [0, 0.05) is 18.3 Å². The van der Waals surface area contributed by atoms with Gasteiger partial charge in [-0.05, 0) is 31.2 Å². The molecule has 3 nitrogen and oxygen atoms in total. The molecule has 0 spiro atoms. The first-order valence-corrected chi connectivity index (χ1v) is 6.32. The summed E-state index contributed by atoms with van der Waals surface area (Å²) in [6, 6.07) is 10.2. The minimum Gasteiger partial charge on any atom is -0.436 e. The van der Waals surface area contributed by atoms with Gasteiger partial charge in [-0.25, -0.2) is 9.37 Å². The fraction of sp³-hybridized carbons (Fsp3) is 0.267. The predicted octanol–water partition coefficient (Wildman–Crippen LogP) is 3.68. The fourth-order valence-corrected chi connectivity index (χ4v) is 1.77. The molecule has 0 radical (unpaired) electrons. The molecule has 1 aromatic carbocycles. The van der Waals surface area contributed by atoms with E-state index in [4.69, 9.17) is 4.74 Å². The number of hydrogen-bond acceptors (Lipinski definition) is 3. The molecule has 0 saturated carbocycles. The summed E-state index contributed by atoms with van der Waals surface area (Å²) in [5.41, 5.74) is 1.07. The van der Waals surface area contributed by atoms with Crippen LogP contribution in [-0.2, 0) is 0 Å². The Morgan fingerprint density at radius 3 is 2.68 bits per heavy atom. The number of para-hydroxylation sites is 1. The number of nitrogens with zero attached hydrogens (tertiary/aromatic N) is 1. The van der Waals surface area contributed by atoms with Crippen LogP contribution in [0.4, 0.5) is 4.39 Å². The maximum absolute atomic E-state index is 13.4. The SMILES string of the molecule is CCNC(C)c1ccc(Oc2ccccc2F)nc1. The first kappa shape index (κ1) is 13.5. The number of rotatable bonds is 5. The third-order valence-electron chi connectivity index (χ3n) is 2.82. The van der Waals surface area contributed by atoms with Crippen molar-refractivity contribution < 1.29 is 9.13 Å². The molecule has 0 bridgehead atoms. The van der Waals surface area contributed by atoms with Gasteiger partial charge in [-0.2, -0.15) is 0 Å². The van der Waals surface area contributed by atoms with E-state index in [-0.39, 0.29) is 11.8 Å². The maximum atomic E-state index is 13.4. The summed E-state index contributed by atoms with van der Waals surface area (Å²) < 4.78 is 18.8. The normalized spacial score (nSPS) is 12.2. The molecule has 4 heteroatoms. The summed E-state index contributed by atoms with van der Waals surface area (Å²) in [5.74, 6) is 0.175. The number of ether oxygens (including phenoxy) is 1. The topological polar surface area (TPSA) is 34.1 Å². The number of benzene rings is 1. The highest BCUT2D eigenvalue weighted by atomic mass is 19.1. The van der Waals surface area contributed by atoms with E-state index in [0.29, 0.717) is 5.88 Å². The third-order valence-corrected chi connectivity index (χ3v) is 2.82. The molecular formula is C15H17FN2O. The van der Waals surface area contributed by atoms with Crippen molar-refractivity contribution in [2.45, 2.75) is 19.9 Å². The zero-order valence-electron chi connectivity index (χ0n) is 11.1. The highest BCUT2D eigenvalue weighted by molar-refractivity contribution is 5.29. The van der Waals surface area contributed by atoms with Crippen LogP contribution in [0.3, 0.4) is 0 Å². The van der Waals surface area contributed by atoms with E-state index in [0.717, 1.165) is 12.1 Å². The monoisotopic (exact) mass is 260 g/mol. The van der Waals surface area contributed by atoms with Gasteiger partial charge in [0.1, 0.15) is 0 Å². The van der Waals surface area contributed by atoms with Crippen LogP contribution in [0.25, 0.3) is 0 Å². The quantitative estimate of drug-likeness (QED) is 0.890. The molecule has 0 amide bonds. The summed E-state index contributed by atoms with van der Waals surface area (Å²) in [4.78, 5) is 4.19. The Morgan fingerprint density at radius 1 is 1.26 bits per heavy atom. The van der Waals surface area contributed by atoms with Crippen molar-refractivity contribution in [1.29, 1.82) is 0 Å². The Kier molecular flexibility index (Phi) is 4.47. The zero-order chi connectivity index (χ0) is 13.7. The van der Waals surface area contributed by atoms with Gasteiger partial charge in [-0.3, -0.25) is 0 Å². The van der Waals surface area contributed by atoms with Gasteiger partial charge in [0.25, 0.3) is 0 Å². The Balaban J connectivity index is 2.09. The average Bonchev–Trinajstić information content (AvgIpc) is 2.42. The lowest BCUT2D eigenvalue weighted by Gasteiger charge is -2.12. The van der Waals surface area contributed by atoms with Gasteiger partial charge >= 0.3 is 0 Å². The number of hydrogen-bond donors (Lipinski definition) is 1. The lowest BCUT2D eigenvalue weighted by molar-refractivity contribution is 0.426. The molecule has 2 aromatic rings. The van der Waals surface area contributed by atoms with E-state index >= 15 is 0 Å². The number of nitrogens with one attached hydrogen (secondary N) is 1. The van der Waals surface area contributed by atoms with Gasteiger partial charge in [0.15, 0.2) is 11.6 Å². The first-order chi connectivity index (χ1) is 9.20. The van der Waals surface area contributed by atoms with Crippen molar-refractivity contribution in [2.75, 3.05) is 6.54 Å². The lowest BCUT2D eigenvalue weighted by Crippen LogP contribution is -2.17. The van der Waals surface area contributed by atoms with Crippen LogP contribution in [0.15, 0.2) is 42.6 Å². The van der Waals surface area contributed by atoms with E-state index in [1.54, 1.807) is 30.5 Å². The molecule has 0 aliphatic rings. The van der Waals surface area contributed by atoms with Crippen LogP contribution in [0.5, 0.6) is 11.6 Å². The molecular weight excluding hydrogens is 243 g/mol. The zero-order valence-corrected chi connectivity index (χ0v) is 11.1. The Hall–Kier alpha value is -1.94. The van der Waals surface area contributed by atoms with Crippen molar-refractivity contribution in [3.8, 4) is 11.6 Å². The molecule has 0 aliphatic heterocycles. The summed E-state index contributed by atoms with van der Waals surface area (Å²) in [5, 5.41) is 3.30. The molecule has 19 heavy (non-hydrogen) atoms. The van der Waals surface area contributed by atoms with Gasteiger partial charge in [0.2, 0.25) is 5.88 Å². The van der Waals surface area contributed by atoms with Crippen molar-refractivity contribution in [2.24, 2.45) is 0 Å². The maximum Gasteiger partial charge on any atom is 0.219 e. The van der Waals surface area contributed by atoms with Crippen molar-refractivity contribution in [3.63, 3.8) is 0 Å². The number of pyridine rings is 1. The van der Waals surface area contributed by atoms with Crippen molar-refractivity contribution in [3.05, 3.63) is 54.0 Å². The van der Waals surface area contributed by atoms with E-state index in [1.165, 1.54) is 6.07 Å². The largest absolute Gasteiger partial charge is 0.436 e. The highest BCUT2D eigenvalue weighted by Gasteiger charge is 2.07. The van der Waals surface area contributed by atoms with Crippen molar-refractivity contribution >= 4 is 0 Å². The second-order valence-electron chi connectivity index (χ2n) is 4.24. The first-order valence-electron chi connectivity index (χ1n) is 6.32. The molecule has 0 saturated heterocycles. The van der Waals surface area contributed by atoms with E-state index in [2.05, 4.69) is 24.1 Å². The molecule has 1 heterocycles. The molecule has 0 fully saturated rings. The van der Waals surface area contributed by atoms with Crippen LogP contribution in [-0.4, -0.2) is 11.5 Å². The van der Waals surface area contributed by atoms with E-state index in [1.807, 2.05) is 6.07 Å². The minimum absolute atomic E-state index is 0.183. The molecule has 0 aliphatic carbocycles. The van der Waals surface area contributed by atoms with Gasteiger partial charge in [-0.15, -0.1) is 0 Å². The number of aromatic nitrogens is 1. The third kappa shape index (κ3) is 3.51. The van der Waals surface area contributed by atoms with E-state index in [9.17, 15) is 4.39 Å². The van der Waals surface area contributed by atoms with Crippen LogP contribution >= 0.6 is 0 Å². The summed E-state index contributed by atoms with van der Waals surface area (Å²) >= 11 is 0. The molecule has 2 rings (SSSR count).